The van der Waals surface area contributed by atoms with Crippen LogP contribution < -0.4 is 10.1 Å². The third-order valence-electron chi connectivity index (χ3n) is 3.23. The molecule has 1 rings (SSSR count). The Hall–Kier alpha value is -1.55. The second-order valence-electron chi connectivity index (χ2n) is 4.79. The van der Waals surface area contributed by atoms with E-state index < -0.39 is 0 Å². The summed E-state index contributed by atoms with van der Waals surface area (Å²) in [6.07, 6.45) is 0.395. The molecule has 1 aromatic rings. The molecule has 112 valence electrons. The number of ether oxygens (including phenoxy) is 1. The fourth-order valence-electron chi connectivity index (χ4n) is 1.95. The van der Waals surface area contributed by atoms with Gasteiger partial charge < -0.3 is 15.0 Å². The zero-order valence-corrected chi connectivity index (χ0v) is 12.8. The molecule has 4 heteroatoms. The third kappa shape index (κ3) is 6.57. The van der Waals surface area contributed by atoms with Crippen molar-refractivity contribution >= 4 is 5.91 Å². The van der Waals surface area contributed by atoms with Crippen molar-refractivity contribution in [2.75, 3.05) is 32.8 Å². The van der Waals surface area contributed by atoms with E-state index in [9.17, 15) is 4.79 Å². The topological polar surface area (TPSA) is 41.6 Å². The number of nitrogens with zero attached hydrogens (tertiary/aromatic N) is 1. The van der Waals surface area contributed by atoms with Gasteiger partial charge in [0.05, 0.1) is 13.0 Å². The van der Waals surface area contributed by atoms with E-state index in [4.69, 9.17) is 4.74 Å². The zero-order valence-electron chi connectivity index (χ0n) is 12.8. The summed E-state index contributed by atoms with van der Waals surface area (Å²) in [6.45, 7) is 10.3. The highest BCUT2D eigenvalue weighted by Crippen LogP contribution is 2.12. The average molecular weight is 278 g/mol. The van der Waals surface area contributed by atoms with Gasteiger partial charge in [0.15, 0.2) is 0 Å². The number of aryl methyl sites for hydroxylation is 1. The summed E-state index contributed by atoms with van der Waals surface area (Å²) in [6, 6.07) is 7.85. The van der Waals surface area contributed by atoms with Gasteiger partial charge in [0, 0.05) is 13.1 Å². The Labute approximate surface area is 122 Å². The van der Waals surface area contributed by atoms with Crippen molar-refractivity contribution in [3.63, 3.8) is 0 Å². The van der Waals surface area contributed by atoms with Gasteiger partial charge in [-0.2, -0.15) is 0 Å². The van der Waals surface area contributed by atoms with Gasteiger partial charge in [0.2, 0.25) is 5.91 Å². The van der Waals surface area contributed by atoms with E-state index in [0.717, 1.165) is 30.9 Å². The normalized spacial score (nSPS) is 10.6. The molecule has 0 spiro atoms. The molecule has 0 saturated carbocycles. The molecule has 0 atom stereocenters. The predicted octanol–water partition coefficient (Wildman–Crippen LogP) is 2.22. The first-order chi connectivity index (χ1) is 9.65. The number of nitrogens with one attached hydrogen (secondary N) is 1. The highest BCUT2D eigenvalue weighted by Gasteiger charge is 2.03. The van der Waals surface area contributed by atoms with Crippen LogP contribution in [0, 0.1) is 6.92 Å². The standard InChI is InChI=1S/C16H26N2O2/c1-4-18(5-2)11-10-17-16(19)9-12-20-15-8-6-7-14(3)13-15/h6-8,13H,4-5,9-12H2,1-3H3,(H,17,19). The van der Waals surface area contributed by atoms with Gasteiger partial charge in [-0.3, -0.25) is 4.79 Å². The van der Waals surface area contributed by atoms with Crippen LogP contribution >= 0.6 is 0 Å². The summed E-state index contributed by atoms with van der Waals surface area (Å²) in [4.78, 5) is 13.9. The maximum Gasteiger partial charge on any atom is 0.223 e. The number of carbonyl (C=O) groups is 1. The van der Waals surface area contributed by atoms with Crippen molar-refractivity contribution in [3.8, 4) is 5.75 Å². The van der Waals surface area contributed by atoms with E-state index in [1.54, 1.807) is 0 Å². The van der Waals surface area contributed by atoms with Crippen LogP contribution in [0.4, 0.5) is 0 Å². The average Bonchev–Trinajstić information content (AvgIpc) is 2.44. The van der Waals surface area contributed by atoms with Crippen LogP contribution in [0.1, 0.15) is 25.8 Å². The van der Waals surface area contributed by atoms with Crippen LogP contribution in [-0.4, -0.2) is 43.6 Å². The minimum Gasteiger partial charge on any atom is -0.493 e. The molecule has 20 heavy (non-hydrogen) atoms. The molecule has 4 nitrogen and oxygen atoms in total. The monoisotopic (exact) mass is 278 g/mol. The molecule has 0 aliphatic heterocycles. The maximum atomic E-state index is 11.6. The molecule has 0 aliphatic rings. The fourth-order valence-corrected chi connectivity index (χ4v) is 1.95. The quantitative estimate of drug-likeness (QED) is 0.753. The van der Waals surface area contributed by atoms with Gasteiger partial charge >= 0.3 is 0 Å². The minimum atomic E-state index is 0.0461. The van der Waals surface area contributed by atoms with Crippen molar-refractivity contribution in [2.45, 2.75) is 27.2 Å². The maximum absolute atomic E-state index is 11.6. The molecule has 1 N–H and O–H groups in total. The van der Waals surface area contributed by atoms with Crippen molar-refractivity contribution < 1.29 is 9.53 Å². The molecule has 0 aromatic heterocycles. The van der Waals surface area contributed by atoms with Gasteiger partial charge in [-0.1, -0.05) is 26.0 Å². The van der Waals surface area contributed by atoms with Gasteiger partial charge in [-0.15, -0.1) is 0 Å². The lowest BCUT2D eigenvalue weighted by atomic mass is 10.2. The van der Waals surface area contributed by atoms with Crippen LogP contribution in [0.3, 0.4) is 0 Å². The lowest BCUT2D eigenvalue weighted by Gasteiger charge is -2.17. The summed E-state index contributed by atoms with van der Waals surface area (Å²) in [7, 11) is 0. The first-order valence-corrected chi connectivity index (χ1v) is 7.34. The second-order valence-corrected chi connectivity index (χ2v) is 4.79. The van der Waals surface area contributed by atoms with E-state index in [1.807, 2.05) is 31.2 Å². The highest BCUT2D eigenvalue weighted by molar-refractivity contribution is 5.75. The molecular formula is C16H26N2O2. The Bertz CT molecular complexity index is 403. The van der Waals surface area contributed by atoms with Crippen molar-refractivity contribution in [1.82, 2.24) is 10.2 Å². The molecule has 0 unspecified atom stereocenters. The molecule has 1 amide bonds. The summed E-state index contributed by atoms with van der Waals surface area (Å²) in [5, 5.41) is 2.92. The lowest BCUT2D eigenvalue weighted by Crippen LogP contribution is -2.35. The smallest absolute Gasteiger partial charge is 0.223 e. The summed E-state index contributed by atoms with van der Waals surface area (Å²) < 4.78 is 5.56. The van der Waals surface area contributed by atoms with Crippen LogP contribution in [0.25, 0.3) is 0 Å². The lowest BCUT2D eigenvalue weighted by molar-refractivity contribution is -0.121. The Morgan fingerprint density at radius 2 is 2.05 bits per heavy atom. The van der Waals surface area contributed by atoms with Crippen LogP contribution in [0.5, 0.6) is 5.75 Å². The molecule has 0 heterocycles. The molecule has 0 bridgehead atoms. The van der Waals surface area contributed by atoms with E-state index in [0.29, 0.717) is 19.6 Å². The summed E-state index contributed by atoms with van der Waals surface area (Å²) in [5.74, 6) is 0.866. The Morgan fingerprint density at radius 1 is 1.30 bits per heavy atom. The first kappa shape index (κ1) is 16.5. The largest absolute Gasteiger partial charge is 0.493 e. The van der Waals surface area contributed by atoms with Gasteiger partial charge in [0.1, 0.15) is 5.75 Å². The minimum absolute atomic E-state index is 0.0461. The number of hydrogen-bond acceptors (Lipinski definition) is 3. The van der Waals surface area contributed by atoms with Crippen LogP contribution in [0.15, 0.2) is 24.3 Å². The number of rotatable bonds is 9. The number of likely N-dealkylation sites (N-methyl/N-ethyl adjacent to an activating group) is 1. The van der Waals surface area contributed by atoms with E-state index in [-0.39, 0.29) is 5.91 Å². The Balaban J connectivity index is 2.14. The summed E-state index contributed by atoms with van der Waals surface area (Å²) in [5.41, 5.74) is 1.16. The van der Waals surface area contributed by atoms with Crippen molar-refractivity contribution in [3.05, 3.63) is 29.8 Å². The second kappa shape index (κ2) is 9.37. The number of carbonyl (C=O) groups excluding carboxylic acids is 1. The Morgan fingerprint density at radius 3 is 2.70 bits per heavy atom. The van der Waals surface area contributed by atoms with E-state index >= 15 is 0 Å². The van der Waals surface area contributed by atoms with Gasteiger partial charge in [0.25, 0.3) is 0 Å². The molecule has 1 aromatic carbocycles. The van der Waals surface area contributed by atoms with E-state index in [2.05, 4.69) is 24.1 Å². The molecular weight excluding hydrogens is 252 g/mol. The fraction of sp³-hybridized carbons (Fsp3) is 0.562. The molecule has 0 fully saturated rings. The third-order valence-corrected chi connectivity index (χ3v) is 3.23. The van der Waals surface area contributed by atoms with Crippen molar-refractivity contribution in [2.24, 2.45) is 0 Å². The Kier molecular flexibility index (Phi) is 7.73. The number of benzene rings is 1. The number of amides is 1. The predicted molar refractivity (Wildman–Crippen MR) is 82.1 cm³/mol. The van der Waals surface area contributed by atoms with Gasteiger partial charge in [-0.25, -0.2) is 0 Å². The van der Waals surface area contributed by atoms with E-state index in [1.165, 1.54) is 0 Å². The van der Waals surface area contributed by atoms with Gasteiger partial charge in [-0.05, 0) is 37.7 Å². The molecule has 0 radical (unpaired) electrons. The highest BCUT2D eigenvalue weighted by atomic mass is 16.5. The summed E-state index contributed by atoms with van der Waals surface area (Å²) >= 11 is 0. The van der Waals surface area contributed by atoms with Crippen LogP contribution in [-0.2, 0) is 4.79 Å². The number of hydrogen-bond donors (Lipinski definition) is 1. The van der Waals surface area contributed by atoms with Crippen molar-refractivity contribution in [1.29, 1.82) is 0 Å². The first-order valence-electron chi connectivity index (χ1n) is 7.34. The molecule has 0 aliphatic carbocycles. The zero-order chi connectivity index (χ0) is 14.8. The van der Waals surface area contributed by atoms with Crippen LogP contribution in [0.2, 0.25) is 0 Å². The SMILES string of the molecule is CCN(CC)CCNC(=O)CCOc1cccc(C)c1. The molecule has 0 saturated heterocycles.